The van der Waals surface area contributed by atoms with Crippen molar-refractivity contribution in [2.45, 2.75) is 47.9 Å². The summed E-state index contributed by atoms with van der Waals surface area (Å²) in [4.78, 5) is 24.4. The highest BCUT2D eigenvalue weighted by Gasteiger charge is 2.31. The van der Waals surface area contributed by atoms with Gasteiger partial charge in [0, 0.05) is 34.5 Å². The Morgan fingerprint density at radius 3 is 2.47 bits per heavy atom. The molecule has 3 aliphatic heterocycles. The Morgan fingerprint density at radius 2 is 1.74 bits per heavy atom. The van der Waals surface area contributed by atoms with Crippen LogP contribution in [0.15, 0.2) is 70.0 Å². The van der Waals surface area contributed by atoms with Gasteiger partial charge in [0.25, 0.3) is 0 Å². The van der Waals surface area contributed by atoms with E-state index >= 15 is 0 Å². The standard InChI is InChI=1S/C23H22N2S.C4H4O4/c24-14-16-8-11-22-20(13-16)23(19-6-1-2-7-21(19)26-22)17-9-10-18-5-3-4-12-25(18)15-17;5-3(6)1-2-4(7)8/h1-2,6-8,11,13,18H,3-5,9-10,12,15H2;1-2H,(H,5,6)(H,7,8). The summed E-state index contributed by atoms with van der Waals surface area (Å²) in [5, 5.41) is 25.0. The molecule has 0 aliphatic carbocycles. The van der Waals surface area contributed by atoms with Crippen molar-refractivity contribution in [2.75, 3.05) is 13.1 Å². The van der Waals surface area contributed by atoms with Crippen LogP contribution in [0.3, 0.4) is 0 Å². The maximum atomic E-state index is 9.55. The normalized spacial score (nSPS) is 21.3. The molecule has 2 aromatic rings. The van der Waals surface area contributed by atoms with Crippen LogP contribution in [-0.2, 0) is 9.59 Å². The second kappa shape index (κ2) is 10.7. The van der Waals surface area contributed by atoms with Gasteiger partial charge in [-0.05, 0) is 78.8 Å². The second-order valence-electron chi connectivity index (χ2n) is 8.57. The lowest BCUT2D eigenvalue weighted by atomic mass is 9.84. The average Bonchev–Trinajstić information content (AvgIpc) is 2.85. The highest BCUT2D eigenvalue weighted by atomic mass is 32.2. The topological polar surface area (TPSA) is 102 Å². The van der Waals surface area contributed by atoms with Gasteiger partial charge in [0.15, 0.2) is 0 Å². The SMILES string of the molecule is N#Cc1ccc2c(c1)C(=C1CCC3CCCCN3C1)c1ccccc1S2.O=C(O)C=CC(=O)O. The Kier molecular flexibility index (Phi) is 7.51. The molecule has 6 nitrogen and oxygen atoms in total. The van der Waals surface area contributed by atoms with Crippen molar-refractivity contribution in [3.63, 3.8) is 0 Å². The van der Waals surface area contributed by atoms with E-state index in [9.17, 15) is 14.9 Å². The first-order chi connectivity index (χ1) is 16.5. The number of carboxylic acid groups (broad SMARTS) is 2. The monoisotopic (exact) mass is 474 g/mol. The summed E-state index contributed by atoms with van der Waals surface area (Å²) < 4.78 is 0. The largest absolute Gasteiger partial charge is 0.478 e. The summed E-state index contributed by atoms with van der Waals surface area (Å²) in [6.45, 7) is 2.33. The predicted molar refractivity (Wildman–Crippen MR) is 131 cm³/mol. The Morgan fingerprint density at radius 1 is 1.00 bits per heavy atom. The summed E-state index contributed by atoms with van der Waals surface area (Å²) in [7, 11) is 0. The van der Waals surface area contributed by atoms with E-state index in [1.165, 1.54) is 65.1 Å². The zero-order valence-corrected chi connectivity index (χ0v) is 19.6. The molecule has 1 unspecified atom stereocenters. The molecule has 7 heteroatoms. The van der Waals surface area contributed by atoms with Gasteiger partial charge in [0.2, 0.25) is 0 Å². The highest BCUT2D eigenvalue weighted by Crippen LogP contribution is 2.48. The number of fused-ring (bicyclic) bond motifs is 3. The molecule has 0 radical (unpaired) electrons. The van der Waals surface area contributed by atoms with Crippen LogP contribution in [0.2, 0.25) is 0 Å². The lowest BCUT2D eigenvalue weighted by Crippen LogP contribution is -2.43. The molecule has 2 N–H and O–H groups in total. The molecule has 0 bridgehead atoms. The lowest BCUT2D eigenvalue weighted by molar-refractivity contribution is -0.134. The Bertz CT molecular complexity index is 1200. The van der Waals surface area contributed by atoms with Crippen molar-refractivity contribution in [2.24, 2.45) is 0 Å². The fraction of sp³-hybridized carbons (Fsp3) is 0.296. The number of hydrogen-bond donors (Lipinski definition) is 2. The maximum Gasteiger partial charge on any atom is 0.328 e. The lowest BCUT2D eigenvalue weighted by Gasteiger charge is -2.41. The summed E-state index contributed by atoms with van der Waals surface area (Å²) >= 11 is 1.84. The quantitative estimate of drug-likeness (QED) is 0.493. The van der Waals surface area contributed by atoms with Crippen molar-refractivity contribution >= 4 is 29.3 Å². The average molecular weight is 475 g/mol. The molecule has 0 saturated carbocycles. The van der Waals surface area contributed by atoms with Crippen LogP contribution >= 0.6 is 11.8 Å². The van der Waals surface area contributed by atoms with Gasteiger partial charge < -0.3 is 10.2 Å². The number of rotatable bonds is 2. The van der Waals surface area contributed by atoms with E-state index in [1.54, 1.807) is 5.57 Å². The number of carbonyl (C=O) groups is 2. The van der Waals surface area contributed by atoms with Crippen LogP contribution in [0, 0.1) is 11.3 Å². The number of piperidine rings is 2. The van der Waals surface area contributed by atoms with Gasteiger partial charge in [-0.1, -0.05) is 36.4 Å². The molecule has 0 spiro atoms. The number of aliphatic carboxylic acids is 2. The molecule has 2 fully saturated rings. The van der Waals surface area contributed by atoms with Crippen LogP contribution in [0.25, 0.3) is 5.57 Å². The van der Waals surface area contributed by atoms with Crippen LogP contribution in [0.5, 0.6) is 0 Å². The van der Waals surface area contributed by atoms with E-state index in [1.807, 2.05) is 17.8 Å². The van der Waals surface area contributed by atoms with Crippen LogP contribution in [0.4, 0.5) is 0 Å². The number of nitrogens with zero attached hydrogens (tertiary/aromatic N) is 2. The van der Waals surface area contributed by atoms with Crippen molar-refractivity contribution in [1.29, 1.82) is 5.26 Å². The predicted octanol–water partition coefficient (Wildman–Crippen LogP) is 5.18. The first kappa shape index (κ1) is 23.8. The Hall–Kier alpha value is -3.34. The van der Waals surface area contributed by atoms with Crippen molar-refractivity contribution in [3.05, 3.63) is 76.9 Å². The molecule has 2 aromatic carbocycles. The molecule has 0 amide bonds. The second-order valence-corrected chi connectivity index (χ2v) is 9.65. The van der Waals surface area contributed by atoms with Crippen molar-refractivity contribution in [1.82, 2.24) is 4.90 Å². The van der Waals surface area contributed by atoms with Gasteiger partial charge in [0.05, 0.1) is 11.6 Å². The van der Waals surface area contributed by atoms with Crippen LogP contribution in [-0.4, -0.2) is 46.2 Å². The van der Waals surface area contributed by atoms with E-state index in [4.69, 9.17) is 10.2 Å². The number of hydrogen-bond acceptors (Lipinski definition) is 5. The van der Waals surface area contributed by atoms with Gasteiger partial charge in [0.1, 0.15) is 0 Å². The smallest absolute Gasteiger partial charge is 0.328 e. The molecular weight excluding hydrogens is 448 g/mol. The third-order valence-electron chi connectivity index (χ3n) is 6.40. The summed E-state index contributed by atoms with van der Waals surface area (Å²) in [5.74, 6) is -2.51. The van der Waals surface area contributed by atoms with E-state index in [2.05, 4.69) is 47.4 Å². The van der Waals surface area contributed by atoms with Crippen molar-refractivity contribution < 1.29 is 19.8 Å². The molecular formula is C27H26N2O4S. The third kappa shape index (κ3) is 5.41. The van der Waals surface area contributed by atoms with Gasteiger partial charge in [-0.2, -0.15) is 5.26 Å². The van der Waals surface area contributed by atoms with Gasteiger partial charge >= 0.3 is 11.9 Å². The molecule has 5 rings (SSSR count). The zero-order valence-electron chi connectivity index (χ0n) is 18.7. The number of nitriles is 1. The highest BCUT2D eigenvalue weighted by molar-refractivity contribution is 7.99. The molecule has 34 heavy (non-hydrogen) atoms. The van der Waals surface area contributed by atoms with Crippen LogP contribution in [0.1, 0.15) is 48.8 Å². The van der Waals surface area contributed by atoms with E-state index in [0.717, 1.165) is 18.2 Å². The fourth-order valence-corrected chi connectivity index (χ4v) is 5.97. The third-order valence-corrected chi connectivity index (χ3v) is 7.55. The van der Waals surface area contributed by atoms with E-state index in [0.29, 0.717) is 12.2 Å². The summed E-state index contributed by atoms with van der Waals surface area (Å²) in [6.07, 6.45) is 7.67. The van der Waals surface area contributed by atoms with Gasteiger partial charge in [-0.15, -0.1) is 0 Å². The van der Waals surface area contributed by atoms with Gasteiger partial charge in [-0.3, -0.25) is 4.90 Å². The molecule has 1 atom stereocenters. The first-order valence-corrected chi connectivity index (χ1v) is 12.2. The minimum atomic E-state index is -1.26. The first-order valence-electron chi connectivity index (χ1n) is 11.4. The van der Waals surface area contributed by atoms with Gasteiger partial charge in [-0.25, -0.2) is 9.59 Å². The van der Waals surface area contributed by atoms with Crippen LogP contribution < -0.4 is 0 Å². The zero-order chi connectivity index (χ0) is 24.1. The van der Waals surface area contributed by atoms with E-state index in [-0.39, 0.29) is 0 Å². The van der Waals surface area contributed by atoms with Crippen molar-refractivity contribution in [3.8, 4) is 6.07 Å². The summed E-state index contributed by atoms with van der Waals surface area (Å²) in [5.41, 5.74) is 6.33. The Labute approximate surface area is 203 Å². The molecule has 3 aliphatic rings. The summed E-state index contributed by atoms with van der Waals surface area (Å²) in [6, 6.07) is 18.0. The Balaban J connectivity index is 0.000000297. The fourth-order valence-electron chi connectivity index (χ4n) is 4.90. The van der Waals surface area contributed by atoms with E-state index < -0.39 is 11.9 Å². The number of benzene rings is 2. The number of carboxylic acids is 2. The molecule has 0 aromatic heterocycles. The minimum Gasteiger partial charge on any atom is -0.478 e. The maximum absolute atomic E-state index is 9.55. The molecule has 3 heterocycles. The molecule has 174 valence electrons. The minimum absolute atomic E-state index is 0.558. The molecule has 2 saturated heterocycles.